The topological polar surface area (TPSA) is 109 Å². The van der Waals surface area contributed by atoms with Gasteiger partial charge < -0.3 is 21.7 Å². The normalized spacial score (nSPS) is 12.9. The van der Waals surface area contributed by atoms with Crippen LogP contribution in [0.4, 0.5) is 14.6 Å². The van der Waals surface area contributed by atoms with Crippen LogP contribution in [-0.4, -0.2) is 35.9 Å². The number of rotatable bonds is 8. The number of hydrogen-bond donors (Lipinski definition) is 4. The number of nitrogens with two attached hydrogens (primary N) is 1. The SMILES string of the molecule is CN[C@H](C)C(=O)N[C@@H](Cc1ccc(F)c(F)c1)C(=O)NCc1ccc(N)nc1. The Bertz CT molecular complexity index is 830. The zero-order valence-electron chi connectivity index (χ0n) is 15.6. The summed E-state index contributed by atoms with van der Waals surface area (Å²) in [5, 5.41) is 8.11. The van der Waals surface area contributed by atoms with Crippen molar-refractivity contribution in [2.45, 2.75) is 32.0 Å². The first-order chi connectivity index (χ1) is 13.3. The minimum absolute atomic E-state index is 0.00515. The van der Waals surface area contributed by atoms with Crippen LogP contribution in [0, 0.1) is 11.6 Å². The van der Waals surface area contributed by atoms with E-state index in [1.807, 2.05) is 0 Å². The summed E-state index contributed by atoms with van der Waals surface area (Å²) in [4.78, 5) is 28.8. The minimum atomic E-state index is -1.01. The Labute approximate surface area is 161 Å². The van der Waals surface area contributed by atoms with Crippen LogP contribution in [0.1, 0.15) is 18.1 Å². The molecule has 2 aromatic rings. The number of benzene rings is 1. The van der Waals surface area contributed by atoms with Gasteiger partial charge in [-0.25, -0.2) is 13.8 Å². The lowest BCUT2D eigenvalue weighted by Gasteiger charge is -2.21. The summed E-state index contributed by atoms with van der Waals surface area (Å²) in [6.45, 7) is 1.82. The van der Waals surface area contributed by atoms with Crippen LogP contribution >= 0.6 is 0 Å². The molecule has 0 radical (unpaired) electrons. The molecule has 1 heterocycles. The van der Waals surface area contributed by atoms with Gasteiger partial charge in [-0.3, -0.25) is 9.59 Å². The fourth-order valence-corrected chi connectivity index (χ4v) is 2.39. The summed E-state index contributed by atoms with van der Waals surface area (Å²) in [6, 6.07) is 5.20. The van der Waals surface area contributed by atoms with Gasteiger partial charge in [0.25, 0.3) is 0 Å². The lowest BCUT2D eigenvalue weighted by atomic mass is 10.0. The van der Waals surface area contributed by atoms with E-state index in [1.54, 1.807) is 26.1 Å². The summed E-state index contributed by atoms with van der Waals surface area (Å²) in [6.07, 6.45) is 1.53. The highest BCUT2D eigenvalue weighted by Crippen LogP contribution is 2.11. The Morgan fingerprint density at radius 2 is 1.82 bits per heavy atom. The number of anilines is 1. The smallest absolute Gasteiger partial charge is 0.243 e. The third-order valence-corrected chi connectivity index (χ3v) is 4.20. The van der Waals surface area contributed by atoms with Crippen LogP contribution in [0.2, 0.25) is 0 Å². The highest BCUT2D eigenvalue weighted by Gasteiger charge is 2.23. The molecule has 150 valence electrons. The molecule has 9 heteroatoms. The van der Waals surface area contributed by atoms with Gasteiger partial charge in [-0.15, -0.1) is 0 Å². The van der Waals surface area contributed by atoms with Crippen LogP contribution in [-0.2, 0) is 22.6 Å². The molecule has 0 aliphatic heterocycles. The lowest BCUT2D eigenvalue weighted by Crippen LogP contribution is -2.52. The molecule has 7 nitrogen and oxygen atoms in total. The van der Waals surface area contributed by atoms with E-state index in [0.717, 1.165) is 17.7 Å². The van der Waals surface area contributed by atoms with E-state index in [4.69, 9.17) is 5.73 Å². The Kier molecular flexibility index (Phi) is 7.39. The fraction of sp³-hybridized carbons (Fsp3) is 0.316. The molecule has 2 amide bonds. The second-order valence-electron chi connectivity index (χ2n) is 6.33. The highest BCUT2D eigenvalue weighted by molar-refractivity contribution is 5.89. The Hall–Kier alpha value is -3.07. The molecule has 0 aliphatic carbocycles. The third-order valence-electron chi connectivity index (χ3n) is 4.20. The maximum atomic E-state index is 13.5. The number of nitrogen functional groups attached to an aromatic ring is 1. The van der Waals surface area contributed by atoms with Gasteiger partial charge in [-0.1, -0.05) is 12.1 Å². The number of likely N-dealkylation sites (N-methyl/N-ethyl adjacent to an activating group) is 1. The van der Waals surface area contributed by atoms with Crippen molar-refractivity contribution >= 4 is 17.6 Å². The number of carbonyl (C=O) groups excluding carboxylic acids is 2. The monoisotopic (exact) mass is 391 g/mol. The van der Waals surface area contributed by atoms with Gasteiger partial charge in [0.2, 0.25) is 11.8 Å². The van der Waals surface area contributed by atoms with Crippen LogP contribution in [0.3, 0.4) is 0 Å². The summed E-state index contributed by atoms with van der Waals surface area (Å²) in [5.41, 5.74) is 6.63. The molecule has 0 saturated carbocycles. The molecule has 2 atom stereocenters. The summed E-state index contributed by atoms with van der Waals surface area (Å²) in [5.74, 6) is -2.48. The number of pyridine rings is 1. The number of nitrogens with zero attached hydrogens (tertiary/aromatic N) is 1. The van der Waals surface area contributed by atoms with Gasteiger partial charge in [-0.05, 0) is 43.3 Å². The predicted molar refractivity (Wildman–Crippen MR) is 101 cm³/mol. The average molecular weight is 391 g/mol. The largest absolute Gasteiger partial charge is 0.384 e. The molecular formula is C19H23F2N5O2. The molecule has 0 aliphatic rings. The number of amides is 2. The molecule has 0 unspecified atom stereocenters. The first-order valence-corrected chi connectivity index (χ1v) is 8.70. The number of aromatic nitrogens is 1. The van der Waals surface area contributed by atoms with Gasteiger partial charge >= 0.3 is 0 Å². The van der Waals surface area contributed by atoms with E-state index in [0.29, 0.717) is 11.4 Å². The van der Waals surface area contributed by atoms with Crippen molar-refractivity contribution in [3.05, 3.63) is 59.3 Å². The number of carbonyl (C=O) groups is 2. The van der Waals surface area contributed by atoms with Crippen LogP contribution in [0.15, 0.2) is 36.5 Å². The molecule has 28 heavy (non-hydrogen) atoms. The predicted octanol–water partition coefficient (Wildman–Crippen LogP) is 0.894. The number of nitrogens with one attached hydrogen (secondary N) is 3. The maximum Gasteiger partial charge on any atom is 0.243 e. The second kappa shape index (κ2) is 9.75. The van der Waals surface area contributed by atoms with E-state index in [2.05, 4.69) is 20.9 Å². The van der Waals surface area contributed by atoms with Crippen molar-refractivity contribution in [1.29, 1.82) is 0 Å². The van der Waals surface area contributed by atoms with Gasteiger partial charge in [0.1, 0.15) is 11.9 Å². The average Bonchev–Trinajstić information content (AvgIpc) is 2.68. The highest BCUT2D eigenvalue weighted by atomic mass is 19.2. The van der Waals surface area contributed by atoms with E-state index in [1.165, 1.54) is 12.3 Å². The van der Waals surface area contributed by atoms with Crippen molar-refractivity contribution < 1.29 is 18.4 Å². The molecule has 5 N–H and O–H groups in total. The van der Waals surface area contributed by atoms with Crippen LogP contribution < -0.4 is 21.7 Å². The third kappa shape index (κ3) is 5.98. The first kappa shape index (κ1) is 21.2. The van der Waals surface area contributed by atoms with Gasteiger partial charge in [0, 0.05) is 19.2 Å². The molecule has 0 bridgehead atoms. The molecule has 1 aromatic heterocycles. The van der Waals surface area contributed by atoms with Crippen LogP contribution in [0.5, 0.6) is 0 Å². The van der Waals surface area contributed by atoms with E-state index >= 15 is 0 Å². The second-order valence-corrected chi connectivity index (χ2v) is 6.33. The first-order valence-electron chi connectivity index (χ1n) is 8.70. The van der Waals surface area contributed by atoms with E-state index < -0.39 is 29.6 Å². The molecule has 2 rings (SSSR count). The van der Waals surface area contributed by atoms with E-state index in [-0.39, 0.29) is 18.9 Å². The molecule has 0 spiro atoms. The van der Waals surface area contributed by atoms with Gasteiger partial charge in [0.15, 0.2) is 11.6 Å². The Balaban J connectivity index is 2.11. The van der Waals surface area contributed by atoms with Crippen molar-refractivity contribution in [2.24, 2.45) is 0 Å². The van der Waals surface area contributed by atoms with Crippen molar-refractivity contribution in [3.63, 3.8) is 0 Å². The number of hydrogen-bond acceptors (Lipinski definition) is 5. The Morgan fingerprint density at radius 3 is 2.43 bits per heavy atom. The Morgan fingerprint density at radius 1 is 1.11 bits per heavy atom. The lowest BCUT2D eigenvalue weighted by molar-refractivity contribution is -0.129. The van der Waals surface area contributed by atoms with Crippen molar-refractivity contribution in [3.8, 4) is 0 Å². The van der Waals surface area contributed by atoms with Gasteiger partial charge in [-0.2, -0.15) is 0 Å². The van der Waals surface area contributed by atoms with E-state index in [9.17, 15) is 18.4 Å². The molecule has 0 fully saturated rings. The zero-order valence-corrected chi connectivity index (χ0v) is 15.6. The summed E-state index contributed by atoms with van der Waals surface area (Å²) < 4.78 is 26.6. The summed E-state index contributed by atoms with van der Waals surface area (Å²) >= 11 is 0. The molecule has 0 saturated heterocycles. The zero-order chi connectivity index (χ0) is 20.7. The fourth-order valence-electron chi connectivity index (χ4n) is 2.39. The number of halogens is 2. The van der Waals surface area contributed by atoms with Crippen molar-refractivity contribution in [1.82, 2.24) is 20.9 Å². The maximum absolute atomic E-state index is 13.5. The van der Waals surface area contributed by atoms with Crippen LogP contribution in [0.25, 0.3) is 0 Å². The van der Waals surface area contributed by atoms with Crippen molar-refractivity contribution in [2.75, 3.05) is 12.8 Å². The summed E-state index contributed by atoms with van der Waals surface area (Å²) in [7, 11) is 1.61. The standard InChI is InChI=1S/C19H23F2N5O2/c1-11(23-2)18(27)26-16(8-12-3-5-14(20)15(21)7-12)19(28)25-10-13-4-6-17(22)24-9-13/h3-7,9,11,16,23H,8,10H2,1-2H3,(H2,22,24)(H,25,28)(H,26,27)/t11-,16+/m1/s1. The molecule has 1 aromatic carbocycles. The molecular weight excluding hydrogens is 368 g/mol. The van der Waals surface area contributed by atoms with Gasteiger partial charge in [0.05, 0.1) is 6.04 Å². The quantitative estimate of drug-likeness (QED) is 0.535. The minimum Gasteiger partial charge on any atom is -0.384 e.